The van der Waals surface area contributed by atoms with Crippen molar-refractivity contribution in [3.8, 4) is 0 Å². The molecule has 3 rings (SSSR count). The molecule has 0 unspecified atom stereocenters. The molecule has 0 spiro atoms. The number of aliphatic hydroxyl groups is 2. The number of H-pyrrole nitrogens is 1. The lowest BCUT2D eigenvalue weighted by atomic mass is 10.1. The van der Waals surface area contributed by atoms with E-state index in [1.54, 1.807) is 0 Å². The number of hydrogen-bond donors (Lipinski definition) is 6. The predicted octanol–water partition coefficient (Wildman–Crippen LogP) is -2.57. The first-order valence-corrected chi connectivity index (χ1v) is 8.14. The highest BCUT2D eigenvalue weighted by atomic mass is 31.2. The van der Waals surface area contributed by atoms with Gasteiger partial charge in [-0.1, -0.05) is 0 Å². The number of aromatic amines is 1. The van der Waals surface area contributed by atoms with Crippen LogP contribution in [0.25, 0.3) is 11.2 Å². The van der Waals surface area contributed by atoms with Crippen LogP contribution in [0.1, 0.15) is 6.23 Å². The molecule has 0 saturated carbocycles. The highest BCUT2D eigenvalue weighted by Crippen LogP contribution is 2.38. The number of nitrogens with two attached hydrogens (primary N) is 1. The maximum Gasteiger partial charge on any atom is 0.469 e. The van der Waals surface area contributed by atoms with Gasteiger partial charge in [-0.25, -0.2) is 9.55 Å². The maximum absolute atomic E-state index is 11.7. The van der Waals surface area contributed by atoms with Crippen molar-refractivity contribution >= 4 is 24.9 Å². The summed E-state index contributed by atoms with van der Waals surface area (Å²) in [4.78, 5) is 39.1. The molecule has 4 atom stereocenters. The van der Waals surface area contributed by atoms with Gasteiger partial charge in [-0.2, -0.15) is 4.98 Å². The highest BCUT2D eigenvalue weighted by Gasteiger charge is 2.45. The van der Waals surface area contributed by atoms with E-state index >= 15 is 0 Å². The molecule has 0 aromatic carbocycles. The molecule has 13 nitrogen and oxygen atoms in total. The minimum Gasteiger partial charge on any atom is -0.387 e. The molecule has 24 heavy (non-hydrogen) atoms. The molecule has 1 fully saturated rings. The Morgan fingerprint density at radius 3 is 2.79 bits per heavy atom. The van der Waals surface area contributed by atoms with Gasteiger partial charge >= 0.3 is 7.82 Å². The number of nitrogens with one attached hydrogen (secondary N) is 1. The summed E-state index contributed by atoms with van der Waals surface area (Å²) in [6, 6.07) is 0. The van der Waals surface area contributed by atoms with Crippen LogP contribution >= 0.6 is 7.82 Å². The van der Waals surface area contributed by atoms with E-state index in [2.05, 4.69) is 19.5 Å². The fourth-order valence-electron chi connectivity index (χ4n) is 2.40. The second-order valence-corrected chi connectivity index (χ2v) is 6.35. The number of fused-ring (bicyclic) bond motifs is 1. The zero-order valence-corrected chi connectivity index (χ0v) is 12.8. The summed E-state index contributed by atoms with van der Waals surface area (Å²) in [7, 11) is -4.76. The fourth-order valence-corrected chi connectivity index (χ4v) is 2.74. The smallest absolute Gasteiger partial charge is 0.387 e. The molecular formula is C10H14N5O8P. The molecule has 1 saturated heterocycles. The minimum absolute atomic E-state index is 0.0176. The van der Waals surface area contributed by atoms with Gasteiger partial charge in [-0.15, -0.1) is 0 Å². The number of aromatic nitrogens is 4. The van der Waals surface area contributed by atoms with Crippen molar-refractivity contribution in [2.45, 2.75) is 24.5 Å². The number of imidazole rings is 1. The molecule has 14 heteroatoms. The lowest BCUT2D eigenvalue weighted by molar-refractivity contribution is -0.0503. The summed E-state index contributed by atoms with van der Waals surface area (Å²) < 4.78 is 21.6. The number of phosphoric acid groups is 1. The monoisotopic (exact) mass is 363 g/mol. The second-order valence-electron chi connectivity index (χ2n) is 5.11. The van der Waals surface area contributed by atoms with Crippen molar-refractivity contribution in [3.05, 3.63) is 16.7 Å². The Kier molecular flexibility index (Phi) is 4.17. The van der Waals surface area contributed by atoms with Crippen LogP contribution in [0.5, 0.6) is 0 Å². The summed E-state index contributed by atoms with van der Waals surface area (Å²) in [6.07, 6.45) is -4.22. The van der Waals surface area contributed by atoms with Crippen LogP contribution in [0.3, 0.4) is 0 Å². The summed E-state index contributed by atoms with van der Waals surface area (Å²) in [5, 5.41) is 20.1. The molecule has 132 valence electrons. The normalized spacial score (nSPS) is 27.8. The molecule has 2 aromatic rings. The molecular weight excluding hydrogens is 349 g/mol. The number of nitrogen functional groups attached to an aromatic ring is 1. The van der Waals surface area contributed by atoms with Gasteiger partial charge in [0, 0.05) is 0 Å². The third kappa shape index (κ3) is 3.06. The molecule has 0 radical (unpaired) electrons. The van der Waals surface area contributed by atoms with E-state index in [1.165, 1.54) is 10.9 Å². The number of rotatable bonds is 4. The second kappa shape index (κ2) is 5.89. The highest BCUT2D eigenvalue weighted by molar-refractivity contribution is 7.46. The van der Waals surface area contributed by atoms with Crippen LogP contribution in [0.4, 0.5) is 5.95 Å². The van der Waals surface area contributed by atoms with Crippen LogP contribution in [-0.4, -0.2) is 64.4 Å². The van der Waals surface area contributed by atoms with Crippen molar-refractivity contribution in [1.82, 2.24) is 19.5 Å². The van der Waals surface area contributed by atoms with E-state index in [-0.39, 0.29) is 17.1 Å². The molecule has 0 aliphatic carbocycles. The Labute approximate surface area is 132 Å². The average molecular weight is 363 g/mol. The van der Waals surface area contributed by atoms with E-state index in [0.29, 0.717) is 0 Å². The van der Waals surface area contributed by atoms with Crippen molar-refractivity contribution in [2.75, 3.05) is 12.3 Å². The Morgan fingerprint density at radius 1 is 1.42 bits per heavy atom. The molecule has 3 heterocycles. The van der Waals surface area contributed by atoms with Gasteiger partial charge in [0.15, 0.2) is 17.4 Å². The third-order valence-electron chi connectivity index (χ3n) is 3.47. The van der Waals surface area contributed by atoms with Gasteiger partial charge < -0.3 is 30.5 Å². The Balaban J connectivity index is 1.90. The van der Waals surface area contributed by atoms with Gasteiger partial charge in [0.05, 0.1) is 12.9 Å². The Bertz CT molecular complexity index is 861. The SMILES string of the molecule is Nc1nc2c(ncn2[C@H]2O[C@@H](COP(=O)(O)O)[C@H](O)[C@H]2O)c(=O)[nH]1. The van der Waals surface area contributed by atoms with Gasteiger partial charge in [0.25, 0.3) is 5.56 Å². The fraction of sp³-hybridized carbons (Fsp3) is 0.500. The number of ether oxygens (including phenoxy) is 1. The average Bonchev–Trinajstić information content (AvgIpc) is 3.00. The summed E-state index contributed by atoms with van der Waals surface area (Å²) >= 11 is 0. The standard InChI is InChI=1S/C10H14N5O8P/c11-10-13-7-4(8(18)14-10)12-2-15(7)9-6(17)5(16)3(23-9)1-22-24(19,20)21/h2-3,5-6,9,16-17H,1H2,(H2,19,20,21)(H3,11,13,14,18)/t3-,5-,6+,9-/m0/s1. The van der Waals surface area contributed by atoms with Crippen LogP contribution in [0, 0.1) is 0 Å². The summed E-state index contributed by atoms with van der Waals surface area (Å²) in [5.41, 5.74) is 4.84. The van der Waals surface area contributed by atoms with Gasteiger partial charge in [0.2, 0.25) is 5.95 Å². The summed E-state index contributed by atoms with van der Waals surface area (Å²) in [6.45, 7) is -0.651. The lowest BCUT2D eigenvalue weighted by Crippen LogP contribution is -2.33. The number of phosphoric ester groups is 1. The van der Waals surface area contributed by atoms with Crippen LogP contribution in [0.2, 0.25) is 0 Å². The van der Waals surface area contributed by atoms with E-state index in [4.69, 9.17) is 20.3 Å². The molecule has 7 N–H and O–H groups in total. The summed E-state index contributed by atoms with van der Waals surface area (Å²) in [5.74, 6) is -0.177. The predicted molar refractivity (Wildman–Crippen MR) is 76.5 cm³/mol. The van der Waals surface area contributed by atoms with Gasteiger partial charge in [-0.05, 0) is 0 Å². The largest absolute Gasteiger partial charge is 0.469 e. The first-order chi connectivity index (χ1) is 11.2. The van der Waals surface area contributed by atoms with Crippen molar-refractivity contribution in [3.63, 3.8) is 0 Å². The first-order valence-electron chi connectivity index (χ1n) is 6.61. The van der Waals surface area contributed by atoms with Gasteiger partial charge in [-0.3, -0.25) is 18.9 Å². The van der Waals surface area contributed by atoms with E-state index in [1.807, 2.05) is 0 Å². The van der Waals surface area contributed by atoms with Crippen LogP contribution in [0.15, 0.2) is 11.1 Å². The quantitative estimate of drug-likeness (QED) is 0.311. The topological polar surface area (TPSA) is 206 Å². The Morgan fingerprint density at radius 2 is 2.12 bits per heavy atom. The minimum atomic E-state index is -4.76. The Hall–Kier alpha value is -1.86. The van der Waals surface area contributed by atoms with Crippen LogP contribution < -0.4 is 11.3 Å². The zero-order valence-electron chi connectivity index (χ0n) is 11.9. The van der Waals surface area contributed by atoms with Crippen molar-refractivity contribution in [2.24, 2.45) is 0 Å². The zero-order chi connectivity index (χ0) is 17.6. The molecule has 1 aliphatic rings. The van der Waals surface area contributed by atoms with Crippen LogP contribution in [-0.2, 0) is 13.8 Å². The third-order valence-corrected chi connectivity index (χ3v) is 3.95. The van der Waals surface area contributed by atoms with Gasteiger partial charge in [0.1, 0.15) is 18.3 Å². The number of hydrogen-bond acceptors (Lipinski definition) is 9. The first kappa shape index (κ1) is 17.0. The molecule has 1 aliphatic heterocycles. The lowest BCUT2D eigenvalue weighted by Gasteiger charge is -2.16. The van der Waals surface area contributed by atoms with E-state index in [9.17, 15) is 19.6 Å². The van der Waals surface area contributed by atoms with Crippen molar-refractivity contribution < 1.29 is 33.8 Å². The van der Waals surface area contributed by atoms with E-state index in [0.717, 1.165) is 0 Å². The maximum atomic E-state index is 11.7. The molecule has 2 aromatic heterocycles. The number of nitrogens with zero attached hydrogens (tertiary/aromatic N) is 3. The number of anilines is 1. The van der Waals surface area contributed by atoms with E-state index < -0.39 is 44.5 Å². The van der Waals surface area contributed by atoms with Crippen molar-refractivity contribution in [1.29, 1.82) is 0 Å². The number of aliphatic hydroxyl groups excluding tert-OH is 2. The molecule has 0 amide bonds. The molecule has 0 bridgehead atoms.